The SMILES string of the molecule is Cc1cc(-c2cc(C)c(-c3ccc(F)c4c3CCC4)c(C)c2)n[nH]1. The van der Waals surface area contributed by atoms with Crippen molar-refractivity contribution in [2.24, 2.45) is 0 Å². The zero-order valence-corrected chi connectivity index (χ0v) is 14.3. The van der Waals surface area contributed by atoms with Crippen molar-refractivity contribution in [3.8, 4) is 22.4 Å². The van der Waals surface area contributed by atoms with Crippen LogP contribution in [0.2, 0.25) is 0 Å². The molecule has 4 rings (SSSR count). The molecule has 3 heteroatoms. The maximum absolute atomic E-state index is 14.1. The summed E-state index contributed by atoms with van der Waals surface area (Å²) in [7, 11) is 0. The molecule has 2 aromatic carbocycles. The van der Waals surface area contributed by atoms with Gasteiger partial charge in [0, 0.05) is 11.3 Å². The lowest BCUT2D eigenvalue weighted by Crippen LogP contribution is -1.97. The number of hydrogen-bond donors (Lipinski definition) is 1. The van der Waals surface area contributed by atoms with E-state index in [1.165, 1.54) is 27.8 Å². The van der Waals surface area contributed by atoms with Crippen molar-refractivity contribution < 1.29 is 4.39 Å². The van der Waals surface area contributed by atoms with Crippen molar-refractivity contribution in [2.75, 3.05) is 0 Å². The number of halogens is 1. The summed E-state index contributed by atoms with van der Waals surface area (Å²) in [5, 5.41) is 7.37. The molecule has 0 spiro atoms. The van der Waals surface area contributed by atoms with Gasteiger partial charge < -0.3 is 0 Å². The maximum atomic E-state index is 14.1. The first-order valence-electron chi connectivity index (χ1n) is 8.49. The third-order valence-corrected chi connectivity index (χ3v) is 5.03. The number of hydrogen-bond acceptors (Lipinski definition) is 1. The Morgan fingerprint density at radius 2 is 1.67 bits per heavy atom. The highest BCUT2D eigenvalue weighted by Gasteiger charge is 2.21. The normalized spacial score (nSPS) is 13.3. The highest BCUT2D eigenvalue weighted by molar-refractivity contribution is 5.78. The molecule has 1 aliphatic carbocycles. The van der Waals surface area contributed by atoms with Gasteiger partial charge in [0.25, 0.3) is 0 Å². The van der Waals surface area contributed by atoms with E-state index in [1.54, 1.807) is 6.07 Å². The molecule has 1 N–H and O–H groups in total. The predicted molar refractivity (Wildman–Crippen MR) is 95.7 cm³/mol. The Labute approximate surface area is 141 Å². The van der Waals surface area contributed by atoms with Gasteiger partial charge in [0.05, 0.1) is 5.69 Å². The topological polar surface area (TPSA) is 28.7 Å². The van der Waals surface area contributed by atoms with Crippen LogP contribution in [0.15, 0.2) is 30.3 Å². The minimum atomic E-state index is -0.0508. The number of aromatic nitrogens is 2. The summed E-state index contributed by atoms with van der Waals surface area (Å²) >= 11 is 0. The van der Waals surface area contributed by atoms with Crippen LogP contribution in [0.25, 0.3) is 22.4 Å². The molecule has 0 saturated heterocycles. The van der Waals surface area contributed by atoms with Gasteiger partial charge >= 0.3 is 0 Å². The van der Waals surface area contributed by atoms with Gasteiger partial charge in [-0.3, -0.25) is 5.10 Å². The summed E-state index contributed by atoms with van der Waals surface area (Å²) in [6.07, 6.45) is 2.88. The number of fused-ring (bicyclic) bond motifs is 1. The van der Waals surface area contributed by atoms with Crippen molar-refractivity contribution in [3.05, 3.63) is 64.1 Å². The highest BCUT2D eigenvalue weighted by Crippen LogP contribution is 2.38. The van der Waals surface area contributed by atoms with E-state index in [0.717, 1.165) is 41.8 Å². The first kappa shape index (κ1) is 15.1. The molecule has 2 nitrogen and oxygen atoms in total. The summed E-state index contributed by atoms with van der Waals surface area (Å²) in [6.45, 7) is 6.28. The lowest BCUT2D eigenvalue weighted by Gasteiger charge is -2.16. The van der Waals surface area contributed by atoms with E-state index in [-0.39, 0.29) is 5.82 Å². The molecule has 122 valence electrons. The van der Waals surface area contributed by atoms with Gasteiger partial charge in [-0.1, -0.05) is 6.07 Å². The molecule has 1 heterocycles. The molecule has 0 fully saturated rings. The largest absolute Gasteiger partial charge is 0.282 e. The molecule has 1 aromatic heterocycles. The van der Waals surface area contributed by atoms with E-state index in [0.29, 0.717) is 0 Å². The Hall–Kier alpha value is -2.42. The third-order valence-electron chi connectivity index (χ3n) is 5.03. The van der Waals surface area contributed by atoms with Crippen LogP contribution >= 0.6 is 0 Å². The summed E-state index contributed by atoms with van der Waals surface area (Å²) in [4.78, 5) is 0. The van der Waals surface area contributed by atoms with E-state index in [9.17, 15) is 4.39 Å². The van der Waals surface area contributed by atoms with Crippen LogP contribution in [0, 0.1) is 26.6 Å². The fourth-order valence-corrected chi connectivity index (χ4v) is 4.00. The second-order valence-corrected chi connectivity index (χ2v) is 6.83. The molecule has 0 amide bonds. The van der Waals surface area contributed by atoms with Crippen molar-refractivity contribution in [1.82, 2.24) is 10.2 Å². The monoisotopic (exact) mass is 320 g/mol. The Morgan fingerprint density at radius 3 is 2.33 bits per heavy atom. The standard InChI is InChI=1S/C21H21FN2/c1-12-9-15(20-11-14(3)23-24-20)10-13(2)21(12)18-7-8-19(22)17-6-4-5-16(17)18/h7-11H,4-6H2,1-3H3,(H,23,24). The number of H-pyrrole nitrogens is 1. The van der Waals surface area contributed by atoms with Gasteiger partial charge in [0.1, 0.15) is 5.82 Å². The van der Waals surface area contributed by atoms with Crippen LogP contribution in [-0.4, -0.2) is 10.2 Å². The van der Waals surface area contributed by atoms with Gasteiger partial charge in [0.2, 0.25) is 0 Å². The fourth-order valence-electron chi connectivity index (χ4n) is 4.00. The number of aryl methyl sites for hydroxylation is 3. The lowest BCUT2D eigenvalue weighted by atomic mass is 9.89. The quantitative estimate of drug-likeness (QED) is 0.682. The van der Waals surface area contributed by atoms with Crippen LogP contribution < -0.4 is 0 Å². The lowest BCUT2D eigenvalue weighted by molar-refractivity contribution is 0.613. The second kappa shape index (κ2) is 5.59. The van der Waals surface area contributed by atoms with Crippen LogP contribution in [-0.2, 0) is 12.8 Å². The molecule has 3 aromatic rings. The number of aromatic amines is 1. The zero-order chi connectivity index (χ0) is 16.8. The highest BCUT2D eigenvalue weighted by atomic mass is 19.1. The number of nitrogens with zero attached hydrogens (tertiary/aromatic N) is 1. The van der Waals surface area contributed by atoms with Gasteiger partial charge in [-0.15, -0.1) is 0 Å². The van der Waals surface area contributed by atoms with Gasteiger partial charge in [-0.2, -0.15) is 5.10 Å². The molecular weight excluding hydrogens is 299 g/mol. The first-order chi connectivity index (χ1) is 11.5. The van der Waals surface area contributed by atoms with Crippen LogP contribution in [0.4, 0.5) is 4.39 Å². The molecule has 0 aliphatic heterocycles. The molecule has 0 bridgehead atoms. The fraction of sp³-hybridized carbons (Fsp3) is 0.286. The molecule has 0 unspecified atom stereocenters. The smallest absolute Gasteiger partial charge is 0.126 e. The Kier molecular flexibility index (Phi) is 3.52. The number of nitrogens with one attached hydrogen (secondary N) is 1. The van der Waals surface area contributed by atoms with E-state index in [4.69, 9.17) is 0 Å². The number of rotatable bonds is 2. The number of benzene rings is 2. The van der Waals surface area contributed by atoms with E-state index in [1.807, 2.05) is 13.0 Å². The van der Waals surface area contributed by atoms with Crippen molar-refractivity contribution >= 4 is 0 Å². The molecule has 0 radical (unpaired) electrons. The van der Waals surface area contributed by atoms with Crippen LogP contribution in [0.3, 0.4) is 0 Å². The third kappa shape index (κ3) is 2.35. The average Bonchev–Trinajstić information content (AvgIpc) is 3.18. The minimum absolute atomic E-state index is 0.0508. The molecule has 1 aliphatic rings. The zero-order valence-electron chi connectivity index (χ0n) is 14.3. The first-order valence-corrected chi connectivity index (χ1v) is 8.49. The van der Waals surface area contributed by atoms with Crippen LogP contribution in [0.1, 0.15) is 34.4 Å². The van der Waals surface area contributed by atoms with E-state index in [2.05, 4.69) is 42.2 Å². The van der Waals surface area contributed by atoms with Crippen molar-refractivity contribution in [1.29, 1.82) is 0 Å². The van der Waals surface area contributed by atoms with Gasteiger partial charge in [-0.05, 0) is 97.7 Å². The minimum Gasteiger partial charge on any atom is -0.282 e. The van der Waals surface area contributed by atoms with E-state index >= 15 is 0 Å². The second-order valence-electron chi connectivity index (χ2n) is 6.83. The Morgan fingerprint density at radius 1 is 0.958 bits per heavy atom. The molecule has 0 saturated carbocycles. The summed E-state index contributed by atoms with van der Waals surface area (Å²) < 4.78 is 14.1. The predicted octanol–water partition coefficient (Wildman–Crippen LogP) is 5.30. The molecular formula is C21H21FN2. The van der Waals surface area contributed by atoms with Crippen molar-refractivity contribution in [3.63, 3.8) is 0 Å². The summed E-state index contributed by atoms with van der Waals surface area (Å²) in [5.74, 6) is -0.0508. The van der Waals surface area contributed by atoms with Gasteiger partial charge in [0.15, 0.2) is 0 Å². The summed E-state index contributed by atoms with van der Waals surface area (Å²) in [6, 6.07) is 10.0. The average molecular weight is 320 g/mol. The maximum Gasteiger partial charge on any atom is 0.126 e. The molecule has 24 heavy (non-hydrogen) atoms. The Bertz CT molecular complexity index is 914. The van der Waals surface area contributed by atoms with Gasteiger partial charge in [-0.25, -0.2) is 4.39 Å². The van der Waals surface area contributed by atoms with Crippen molar-refractivity contribution in [2.45, 2.75) is 40.0 Å². The summed E-state index contributed by atoms with van der Waals surface area (Å²) in [5.41, 5.74) is 10.1. The van der Waals surface area contributed by atoms with Crippen LogP contribution in [0.5, 0.6) is 0 Å². The van der Waals surface area contributed by atoms with E-state index < -0.39 is 0 Å². The molecule has 0 atom stereocenters. The Balaban J connectivity index is 1.87.